The molecule has 4 heteroatoms. The van der Waals surface area contributed by atoms with E-state index in [0.29, 0.717) is 12.1 Å². The fourth-order valence-electron chi connectivity index (χ4n) is 1.27. The molecule has 1 heterocycles. The topological polar surface area (TPSA) is 55.1 Å². The second kappa shape index (κ2) is 4.29. The van der Waals surface area contributed by atoms with Crippen LogP contribution in [-0.4, -0.2) is 20.9 Å². The molecule has 0 amide bonds. The lowest BCUT2D eigenvalue weighted by molar-refractivity contribution is -0.132. The number of carboxylic acid groups (broad SMARTS) is 1. The molecule has 15 heavy (non-hydrogen) atoms. The van der Waals surface area contributed by atoms with Crippen molar-refractivity contribution < 1.29 is 9.90 Å². The third-order valence-corrected chi connectivity index (χ3v) is 2.65. The summed E-state index contributed by atoms with van der Waals surface area (Å²) < 4.78 is 1.82. The van der Waals surface area contributed by atoms with Gasteiger partial charge in [0.05, 0.1) is 12.2 Å². The van der Waals surface area contributed by atoms with Gasteiger partial charge in [-0.3, -0.25) is 4.68 Å². The fraction of sp³-hybridized carbons (Fsp3) is 0.455. The molecular weight excluding hydrogens is 192 g/mol. The molecule has 0 bridgehead atoms. The molecule has 0 aromatic carbocycles. The predicted octanol–water partition coefficient (Wildman–Crippen LogP) is 1.84. The van der Waals surface area contributed by atoms with Gasteiger partial charge in [-0.05, 0) is 33.3 Å². The summed E-state index contributed by atoms with van der Waals surface area (Å²) in [6, 6.07) is 0. The Labute approximate surface area is 89.2 Å². The van der Waals surface area contributed by atoms with Crippen LogP contribution in [0.15, 0.2) is 11.6 Å². The Kier molecular flexibility index (Phi) is 3.29. The predicted molar refractivity (Wildman–Crippen MR) is 57.8 cm³/mol. The fourth-order valence-corrected chi connectivity index (χ4v) is 1.27. The lowest BCUT2D eigenvalue weighted by Gasteiger charge is -2.00. The lowest BCUT2D eigenvalue weighted by atomic mass is 10.2. The summed E-state index contributed by atoms with van der Waals surface area (Å²) in [5.74, 6) is -0.881. The molecule has 1 aromatic heterocycles. The summed E-state index contributed by atoms with van der Waals surface area (Å²) in [5.41, 5.74) is 3.59. The highest BCUT2D eigenvalue weighted by atomic mass is 16.4. The Morgan fingerprint density at radius 2 is 2.07 bits per heavy atom. The summed E-state index contributed by atoms with van der Waals surface area (Å²) in [7, 11) is 0. The molecule has 0 spiro atoms. The molecule has 1 rings (SSSR count). The SMILES string of the molecule is CC(=CCn1nc(C)c(C)c1C)C(=O)O. The minimum atomic E-state index is -0.881. The quantitative estimate of drug-likeness (QED) is 0.771. The van der Waals surface area contributed by atoms with Gasteiger partial charge in [-0.25, -0.2) is 4.79 Å². The molecule has 0 saturated heterocycles. The number of hydrogen-bond donors (Lipinski definition) is 1. The Morgan fingerprint density at radius 1 is 1.47 bits per heavy atom. The number of nitrogens with zero attached hydrogens (tertiary/aromatic N) is 2. The maximum atomic E-state index is 10.6. The van der Waals surface area contributed by atoms with E-state index in [9.17, 15) is 4.79 Å². The summed E-state index contributed by atoms with van der Waals surface area (Å²) in [5, 5.41) is 13.0. The van der Waals surface area contributed by atoms with Crippen molar-refractivity contribution in [2.75, 3.05) is 0 Å². The van der Waals surface area contributed by atoms with Gasteiger partial charge < -0.3 is 5.11 Å². The number of rotatable bonds is 3. The van der Waals surface area contributed by atoms with Gasteiger partial charge in [0, 0.05) is 11.3 Å². The van der Waals surface area contributed by atoms with Gasteiger partial charge in [-0.2, -0.15) is 5.10 Å². The third kappa shape index (κ3) is 2.46. The number of hydrogen-bond acceptors (Lipinski definition) is 2. The van der Waals surface area contributed by atoms with Gasteiger partial charge in [0.25, 0.3) is 0 Å². The van der Waals surface area contributed by atoms with Gasteiger partial charge in [0.15, 0.2) is 0 Å². The molecule has 4 nitrogen and oxygen atoms in total. The minimum Gasteiger partial charge on any atom is -0.478 e. The van der Waals surface area contributed by atoms with Gasteiger partial charge in [-0.1, -0.05) is 6.08 Å². The smallest absolute Gasteiger partial charge is 0.331 e. The first-order chi connectivity index (χ1) is 6.93. The largest absolute Gasteiger partial charge is 0.478 e. The van der Waals surface area contributed by atoms with Crippen molar-refractivity contribution in [1.82, 2.24) is 9.78 Å². The summed E-state index contributed by atoms with van der Waals surface area (Å²) >= 11 is 0. The van der Waals surface area contributed by atoms with Gasteiger partial charge in [0.1, 0.15) is 0 Å². The van der Waals surface area contributed by atoms with Crippen molar-refractivity contribution in [3.63, 3.8) is 0 Å². The summed E-state index contributed by atoms with van der Waals surface area (Å²) in [4.78, 5) is 10.6. The number of aryl methyl sites for hydroxylation is 1. The van der Waals surface area contributed by atoms with E-state index in [-0.39, 0.29) is 0 Å². The molecule has 0 unspecified atom stereocenters. The highest BCUT2D eigenvalue weighted by molar-refractivity contribution is 5.85. The van der Waals surface area contributed by atoms with Crippen molar-refractivity contribution in [3.8, 4) is 0 Å². The Bertz CT molecular complexity index is 416. The Morgan fingerprint density at radius 3 is 2.47 bits per heavy atom. The van der Waals surface area contributed by atoms with E-state index >= 15 is 0 Å². The Balaban J connectivity index is 2.87. The van der Waals surface area contributed by atoms with E-state index < -0.39 is 5.97 Å². The van der Waals surface area contributed by atoms with Gasteiger partial charge >= 0.3 is 5.97 Å². The average Bonchev–Trinajstić information content (AvgIpc) is 2.42. The number of aromatic nitrogens is 2. The average molecular weight is 208 g/mol. The van der Waals surface area contributed by atoms with Crippen molar-refractivity contribution >= 4 is 5.97 Å². The van der Waals surface area contributed by atoms with Crippen LogP contribution in [0.5, 0.6) is 0 Å². The van der Waals surface area contributed by atoms with Crippen molar-refractivity contribution in [2.45, 2.75) is 34.2 Å². The van der Waals surface area contributed by atoms with E-state index in [1.54, 1.807) is 13.0 Å². The second-order valence-corrected chi connectivity index (χ2v) is 3.67. The first kappa shape index (κ1) is 11.5. The first-order valence-electron chi connectivity index (χ1n) is 4.84. The molecular formula is C11H16N2O2. The van der Waals surface area contributed by atoms with Crippen LogP contribution in [0.3, 0.4) is 0 Å². The first-order valence-corrected chi connectivity index (χ1v) is 4.84. The van der Waals surface area contributed by atoms with Crippen molar-refractivity contribution in [3.05, 3.63) is 28.6 Å². The molecule has 1 aromatic rings. The molecule has 0 saturated carbocycles. The van der Waals surface area contributed by atoms with Crippen LogP contribution in [0.4, 0.5) is 0 Å². The van der Waals surface area contributed by atoms with Crippen LogP contribution in [0.25, 0.3) is 0 Å². The van der Waals surface area contributed by atoms with Crippen LogP contribution in [0, 0.1) is 20.8 Å². The minimum absolute atomic E-state index is 0.347. The monoisotopic (exact) mass is 208 g/mol. The van der Waals surface area contributed by atoms with E-state index in [0.717, 1.165) is 17.0 Å². The normalized spacial score (nSPS) is 11.9. The molecule has 1 N–H and O–H groups in total. The molecule has 82 valence electrons. The van der Waals surface area contributed by atoms with Crippen LogP contribution in [0.1, 0.15) is 23.9 Å². The maximum Gasteiger partial charge on any atom is 0.331 e. The Hall–Kier alpha value is -1.58. The highest BCUT2D eigenvalue weighted by Gasteiger charge is 2.06. The van der Waals surface area contributed by atoms with Crippen molar-refractivity contribution in [1.29, 1.82) is 0 Å². The van der Waals surface area contributed by atoms with E-state index in [1.165, 1.54) is 0 Å². The second-order valence-electron chi connectivity index (χ2n) is 3.67. The van der Waals surface area contributed by atoms with E-state index in [1.807, 2.05) is 25.5 Å². The van der Waals surface area contributed by atoms with Crippen molar-refractivity contribution in [2.24, 2.45) is 0 Å². The van der Waals surface area contributed by atoms with Crippen LogP contribution in [-0.2, 0) is 11.3 Å². The molecule has 0 aliphatic rings. The molecule has 0 aliphatic heterocycles. The molecule has 0 fully saturated rings. The summed E-state index contributed by atoms with van der Waals surface area (Å²) in [6.07, 6.45) is 1.67. The number of carbonyl (C=O) groups is 1. The van der Waals surface area contributed by atoms with Crippen LogP contribution >= 0.6 is 0 Å². The number of allylic oxidation sites excluding steroid dienone is 1. The van der Waals surface area contributed by atoms with Gasteiger partial charge in [-0.15, -0.1) is 0 Å². The molecule has 0 radical (unpaired) electrons. The third-order valence-electron chi connectivity index (χ3n) is 2.65. The zero-order valence-corrected chi connectivity index (χ0v) is 9.53. The van der Waals surface area contributed by atoms with E-state index in [4.69, 9.17) is 5.11 Å². The number of carboxylic acids is 1. The zero-order valence-electron chi connectivity index (χ0n) is 9.53. The van der Waals surface area contributed by atoms with Crippen LogP contribution < -0.4 is 0 Å². The van der Waals surface area contributed by atoms with Crippen LogP contribution in [0.2, 0.25) is 0 Å². The van der Waals surface area contributed by atoms with E-state index in [2.05, 4.69) is 5.10 Å². The molecule has 0 aliphatic carbocycles. The van der Waals surface area contributed by atoms with Gasteiger partial charge in [0.2, 0.25) is 0 Å². The standard InChI is InChI=1S/C11H16N2O2/c1-7(11(14)15)5-6-13-10(4)8(2)9(3)12-13/h5H,6H2,1-4H3,(H,14,15). The molecule has 0 atom stereocenters. The lowest BCUT2D eigenvalue weighted by Crippen LogP contribution is -2.03. The highest BCUT2D eigenvalue weighted by Crippen LogP contribution is 2.11. The maximum absolute atomic E-state index is 10.6. The summed E-state index contributed by atoms with van der Waals surface area (Å²) in [6.45, 7) is 8.05. The number of aliphatic carboxylic acids is 1. The zero-order chi connectivity index (χ0) is 11.6.